The standard InChI is InChI=1S/C16H16N2O5/c1-21-13-4-2-11(3-5-13)8-17-9-12-6-15-16(23-10-22-15)7-14(12)18(19)20/h2-7,17H,8-10H2,1H3/p+1. The number of nitrogens with zero attached hydrogens (tertiary/aromatic N) is 1. The average molecular weight is 317 g/mol. The summed E-state index contributed by atoms with van der Waals surface area (Å²) in [5.74, 6) is 1.79. The second kappa shape index (κ2) is 6.53. The van der Waals surface area contributed by atoms with Crippen molar-refractivity contribution in [2.24, 2.45) is 0 Å². The molecule has 0 atom stereocenters. The molecule has 2 aromatic carbocycles. The van der Waals surface area contributed by atoms with Gasteiger partial charge in [0.1, 0.15) is 18.8 Å². The van der Waals surface area contributed by atoms with E-state index < -0.39 is 4.92 Å². The van der Waals surface area contributed by atoms with E-state index >= 15 is 0 Å². The molecule has 0 amide bonds. The molecule has 120 valence electrons. The molecule has 23 heavy (non-hydrogen) atoms. The summed E-state index contributed by atoms with van der Waals surface area (Å²) < 4.78 is 15.6. The number of nitro benzene ring substituents is 1. The Kier molecular flexibility index (Phi) is 4.29. The molecule has 2 N–H and O–H groups in total. The van der Waals surface area contributed by atoms with Crippen molar-refractivity contribution in [2.75, 3.05) is 13.9 Å². The lowest BCUT2D eigenvalue weighted by molar-refractivity contribution is -0.686. The number of methoxy groups -OCH3 is 1. The van der Waals surface area contributed by atoms with E-state index in [2.05, 4.69) is 0 Å². The molecule has 0 aliphatic carbocycles. The monoisotopic (exact) mass is 317 g/mol. The second-order valence-electron chi connectivity index (χ2n) is 5.14. The summed E-state index contributed by atoms with van der Waals surface area (Å²) in [6.07, 6.45) is 0. The second-order valence-corrected chi connectivity index (χ2v) is 5.14. The molecular weight excluding hydrogens is 300 g/mol. The van der Waals surface area contributed by atoms with Crippen molar-refractivity contribution in [3.8, 4) is 17.2 Å². The van der Waals surface area contributed by atoms with E-state index in [4.69, 9.17) is 14.2 Å². The van der Waals surface area contributed by atoms with Gasteiger partial charge in [-0.15, -0.1) is 0 Å². The summed E-state index contributed by atoms with van der Waals surface area (Å²) in [4.78, 5) is 10.8. The molecule has 0 saturated carbocycles. The van der Waals surface area contributed by atoms with Crippen LogP contribution in [-0.4, -0.2) is 18.8 Å². The summed E-state index contributed by atoms with van der Waals surface area (Å²) in [5.41, 5.74) is 1.79. The summed E-state index contributed by atoms with van der Waals surface area (Å²) in [7, 11) is 1.62. The van der Waals surface area contributed by atoms with Crippen LogP contribution in [0.2, 0.25) is 0 Å². The molecule has 1 aliphatic rings. The van der Waals surface area contributed by atoms with Crippen LogP contribution >= 0.6 is 0 Å². The molecule has 0 spiro atoms. The Morgan fingerprint density at radius 3 is 2.52 bits per heavy atom. The fourth-order valence-electron chi connectivity index (χ4n) is 2.46. The Morgan fingerprint density at radius 2 is 1.87 bits per heavy atom. The highest BCUT2D eigenvalue weighted by Gasteiger charge is 2.23. The Labute approximate surface area is 132 Å². The van der Waals surface area contributed by atoms with Crippen molar-refractivity contribution in [3.63, 3.8) is 0 Å². The maximum absolute atomic E-state index is 11.2. The number of hydrogen-bond donors (Lipinski definition) is 1. The predicted molar refractivity (Wildman–Crippen MR) is 81.5 cm³/mol. The first-order valence-corrected chi connectivity index (χ1v) is 7.19. The van der Waals surface area contributed by atoms with Gasteiger partial charge in [-0.1, -0.05) is 0 Å². The molecule has 7 nitrogen and oxygen atoms in total. The minimum Gasteiger partial charge on any atom is -0.497 e. The third-order valence-electron chi connectivity index (χ3n) is 3.67. The van der Waals surface area contributed by atoms with Crippen molar-refractivity contribution in [3.05, 3.63) is 57.6 Å². The predicted octanol–water partition coefficient (Wildman–Crippen LogP) is 1.60. The molecule has 2 aromatic rings. The Hall–Kier alpha value is -2.80. The number of nitrogens with two attached hydrogens (primary N) is 1. The maximum atomic E-state index is 11.2. The number of fused-ring (bicyclic) bond motifs is 1. The molecule has 0 fully saturated rings. The van der Waals surface area contributed by atoms with E-state index in [1.165, 1.54) is 6.07 Å². The summed E-state index contributed by atoms with van der Waals surface area (Å²) in [6.45, 7) is 1.31. The summed E-state index contributed by atoms with van der Waals surface area (Å²) in [5, 5.41) is 13.2. The number of quaternary nitrogens is 1. The van der Waals surface area contributed by atoms with Gasteiger partial charge in [-0.25, -0.2) is 0 Å². The molecule has 0 unspecified atom stereocenters. The smallest absolute Gasteiger partial charge is 0.282 e. The van der Waals surface area contributed by atoms with Crippen LogP contribution in [0.15, 0.2) is 36.4 Å². The zero-order valence-corrected chi connectivity index (χ0v) is 12.7. The highest BCUT2D eigenvalue weighted by molar-refractivity contribution is 5.54. The fourth-order valence-corrected chi connectivity index (χ4v) is 2.46. The minimum atomic E-state index is -0.390. The molecule has 3 rings (SSSR count). The fraction of sp³-hybridized carbons (Fsp3) is 0.250. The van der Waals surface area contributed by atoms with Crippen molar-refractivity contribution >= 4 is 5.69 Å². The largest absolute Gasteiger partial charge is 0.497 e. The van der Waals surface area contributed by atoms with E-state index in [-0.39, 0.29) is 12.5 Å². The Balaban J connectivity index is 1.68. The maximum Gasteiger partial charge on any atom is 0.282 e. The van der Waals surface area contributed by atoms with Gasteiger partial charge in [0.15, 0.2) is 11.5 Å². The summed E-state index contributed by atoms with van der Waals surface area (Å²) >= 11 is 0. The van der Waals surface area contributed by atoms with Gasteiger partial charge in [0.05, 0.1) is 23.7 Å². The highest BCUT2D eigenvalue weighted by atomic mass is 16.7. The van der Waals surface area contributed by atoms with Gasteiger partial charge in [-0.2, -0.15) is 0 Å². The summed E-state index contributed by atoms with van der Waals surface area (Å²) in [6, 6.07) is 10.9. The van der Waals surface area contributed by atoms with E-state index in [0.717, 1.165) is 17.9 Å². The van der Waals surface area contributed by atoms with Crippen molar-refractivity contribution in [1.29, 1.82) is 0 Å². The lowest BCUT2D eigenvalue weighted by atomic mass is 10.1. The first kappa shape index (κ1) is 15.1. The van der Waals surface area contributed by atoms with Gasteiger partial charge >= 0.3 is 0 Å². The van der Waals surface area contributed by atoms with E-state index in [0.29, 0.717) is 23.6 Å². The van der Waals surface area contributed by atoms with Crippen molar-refractivity contribution in [1.82, 2.24) is 0 Å². The van der Waals surface area contributed by atoms with Crippen LogP contribution in [0.1, 0.15) is 11.1 Å². The van der Waals surface area contributed by atoms with Gasteiger partial charge in [-0.05, 0) is 30.3 Å². The Bertz CT molecular complexity index is 715. The lowest BCUT2D eigenvalue weighted by Crippen LogP contribution is -2.80. The number of hydrogen-bond acceptors (Lipinski definition) is 5. The van der Waals surface area contributed by atoms with E-state index in [1.54, 1.807) is 13.2 Å². The van der Waals surface area contributed by atoms with Crippen LogP contribution in [0.3, 0.4) is 0 Å². The average Bonchev–Trinajstić information content (AvgIpc) is 3.02. The van der Waals surface area contributed by atoms with Gasteiger partial charge in [0.2, 0.25) is 6.79 Å². The van der Waals surface area contributed by atoms with Gasteiger partial charge < -0.3 is 19.5 Å². The molecule has 0 aromatic heterocycles. The molecule has 0 radical (unpaired) electrons. The number of nitro groups is 1. The first-order chi connectivity index (χ1) is 11.2. The van der Waals surface area contributed by atoms with Crippen LogP contribution in [0, 0.1) is 10.1 Å². The SMILES string of the molecule is COc1ccc(C[NH2+]Cc2cc3c(cc2[N+](=O)[O-])OCO3)cc1. The molecule has 1 aliphatic heterocycles. The molecule has 7 heteroatoms. The van der Waals surface area contributed by atoms with Crippen LogP contribution < -0.4 is 19.5 Å². The van der Waals surface area contributed by atoms with Crippen LogP contribution in [0.25, 0.3) is 0 Å². The molecular formula is C16H17N2O5+. The normalized spacial score (nSPS) is 12.2. The number of ether oxygens (including phenoxy) is 3. The minimum absolute atomic E-state index is 0.0558. The third kappa shape index (κ3) is 3.35. The van der Waals surface area contributed by atoms with Gasteiger partial charge in [-0.3, -0.25) is 10.1 Å². The zero-order chi connectivity index (χ0) is 16.2. The van der Waals surface area contributed by atoms with Crippen LogP contribution in [-0.2, 0) is 13.1 Å². The van der Waals surface area contributed by atoms with Crippen molar-refractivity contribution in [2.45, 2.75) is 13.1 Å². The topological polar surface area (TPSA) is 87.4 Å². The first-order valence-electron chi connectivity index (χ1n) is 7.19. The van der Waals surface area contributed by atoms with E-state index in [1.807, 2.05) is 29.6 Å². The highest BCUT2D eigenvalue weighted by Crippen LogP contribution is 2.37. The molecule has 1 heterocycles. The number of benzene rings is 2. The van der Waals surface area contributed by atoms with Gasteiger partial charge in [0, 0.05) is 5.56 Å². The van der Waals surface area contributed by atoms with Crippen LogP contribution in [0.4, 0.5) is 5.69 Å². The third-order valence-corrected chi connectivity index (χ3v) is 3.67. The lowest BCUT2D eigenvalue weighted by Gasteiger charge is -2.06. The quantitative estimate of drug-likeness (QED) is 0.646. The van der Waals surface area contributed by atoms with E-state index in [9.17, 15) is 10.1 Å². The molecule has 0 bridgehead atoms. The number of rotatable bonds is 6. The van der Waals surface area contributed by atoms with Crippen LogP contribution in [0.5, 0.6) is 17.2 Å². The zero-order valence-electron chi connectivity index (χ0n) is 12.7. The van der Waals surface area contributed by atoms with Crippen molar-refractivity contribution < 1.29 is 24.5 Å². The Morgan fingerprint density at radius 1 is 1.17 bits per heavy atom. The van der Waals surface area contributed by atoms with Gasteiger partial charge in [0.25, 0.3) is 5.69 Å². The molecule has 0 saturated heterocycles.